The Morgan fingerprint density at radius 1 is 1.53 bits per heavy atom. The van der Waals surface area contributed by atoms with E-state index in [0.717, 1.165) is 11.6 Å². The van der Waals surface area contributed by atoms with Crippen molar-refractivity contribution >= 4 is 22.0 Å². The predicted molar refractivity (Wildman–Crippen MR) is 71.2 cm³/mol. The topological polar surface area (TPSA) is 61.8 Å². The normalized spacial score (nSPS) is 26.6. The van der Waals surface area contributed by atoms with Gasteiger partial charge >= 0.3 is 0 Å². The van der Waals surface area contributed by atoms with Crippen LogP contribution < -0.4 is 11.1 Å². The maximum atomic E-state index is 9.06. The van der Waals surface area contributed by atoms with Gasteiger partial charge in [0.1, 0.15) is 10.9 Å². The zero-order valence-electron chi connectivity index (χ0n) is 9.99. The molecule has 2 aliphatic carbocycles. The summed E-state index contributed by atoms with van der Waals surface area (Å²) in [5.41, 5.74) is 8.03. The summed E-state index contributed by atoms with van der Waals surface area (Å²) in [4.78, 5) is 0.683. The molecule has 0 bridgehead atoms. The van der Waals surface area contributed by atoms with Crippen molar-refractivity contribution in [2.24, 2.45) is 5.92 Å². The minimum absolute atomic E-state index is 0.606. The van der Waals surface area contributed by atoms with Gasteiger partial charge in [0.05, 0.1) is 10.7 Å². The Morgan fingerprint density at radius 2 is 2.29 bits per heavy atom. The molecule has 3 rings (SSSR count). The van der Waals surface area contributed by atoms with Crippen molar-refractivity contribution in [3.05, 3.63) is 10.4 Å². The largest absolute Gasteiger partial charge is 0.397 e. The SMILES string of the molecule is CCC1CC1Nc1sc(C#N)c(N)c1C1CC1. The molecule has 2 aliphatic rings. The average molecular weight is 247 g/mol. The number of rotatable bonds is 4. The second-order valence-electron chi connectivity index (χ2n) is 5.13. The lowest BCUT2D eigenvalue weighted by atomic mass is 10.1. The standard InChI is InChI=1S/C13H17N3S/c1-2-7-5-9(7)16-13-11(8-3-4-8)12(15)10(6-14)17-13/h7-9,16H,2-5,15H2,1H3. The second kappa shape index (κ2) is 3.92. The van der Waals surface area contributed by atoms with E-state index in [1.54, 1.807) is 0 Å². The molecule has 17 heavy (non-hydrogen) atoms. The molecule has 0 amide bonds. The number of anilines is 2. The Labute approximate surface area is 106 Å². The summed E-state index contributed by atoms with van der Waals surface area (Å²) in [7, 11) is 0. The van der Waals surface area contributed by atoms with Crippen LogP contribution in [0.1, 0.15) is 49.0 Å². The number of nitrogen functional groups attached to an aromatic ring is 1. The van der Waals surface area contributed by atoms with Gasteiger partial charge in [0.15, 0.2) is 0 Å². The molecule has 0 aromatic carbocycles. The van der Waals surface area contributed by atoms with Gasteiger partial charge in [-0.3, -0.25) is 0 Å². The number of nitrogens with one attached hydrogen (secondary N) is 1. The highest BCUT2D eigenvalue weighted by Crippen LogP contribution is 2.52. The molecule has 90 valence electrons. The fourth-order valence-electron chi connectivity index (χ4n) is 2.47. The molecular formula is C13H17N3S. The molecule has 0 spiro atoms. The number of nitriles is 1. The maximum Gasteiger partial charge on any atom is 0.130 e. The molecule has 2 fully saturated rings. The zero-order valence-corrected chi connectivity index (χ0v) is 10.8. The average Bonchev–Trinajstić information content (AvgIpc) is 3.21. The Bertz CT molecular complexity index is 482. The van der Waals surface area contributed by atoms with E-state index in [-0.39, 0.29) is 0 Å². The van der Waals surface area contributed by atoms with Crippen LogP contribution in [0, 0.1) is 17.2 Å². The molecule has 4 heteroatoms. The van der Waals surface area contributed by atoms with Gasteiger partial charge in [-0.1, -0.05) is 13.3 Å². The number of thiophene rings is 1. The van der Waals surface area contributed by atoms with Gasteiger partial charge in [-0.25, -0.2) is 0 Å². The Balaban J connectivity index is 1.85. The summed E-state index contributed by atoms with van der Waals surface area (Å²) in [6.07, 6.45) is 4.95. The molecule has 1 aromatic rings. The Morgan fingerprint density at radius 3 is 2.82 bits per heavy atom. The van der Waals surface area contributed by atoms with E-state index >= 15 is 0 Å². The molecule has 2 saturated carbocycles. The van der Waals surface area contributed by atoms with Crippen molar-refractivity contribution in [2.45, 2.75) is 44.6 Å². The first-order chi connectivity index (χ1) is 8.24. The first kappa shape index (κ1) is 10.9. The predicted octanol–water partition coefficient (Wildman–Crippen LogP) is 3.29. The molecule has 0 saturated heterocycles. The van der Waals surface area contributed by atoms with Crippen LogP contribution in [0.4, 0.5) is 10.7 Å². The molecule has 1 aromatic heterocycles. The van der Waals surface area contributed by atoms with Crippen molar-refractivity contribution in [2.75, 3.05) is 11.1 Å². The van der Waals surface area contributed by atoms with Gasteiger partial charge < -0.3 is 11.1 Å². The quantitative estimate of drug-likeness (QED) is 0.858. The third-order valence-electron chi connectivity index (χ3n) is 3.83. The van der Waals surface area contributed by atoms with Crippen LogP contribution in [0.15, 0.2) is 0 Å². The van der Waals surface area contributed by atoms with Gasteiger partial charge in [0.2, 0.25) is 0 Å². The van der Waals surface area contributed by atoms with E-state index in [0.29, 0.717) is 16.8 Å². The van der Waals surface area contributed by atoms with Gasteiger partial charge in [-0.15, -0.1) is 11.3 Å². The first-order valence-corrected chi connectivity index (χ1v) is 7.15. The fourth-order valence-corrected chi connectivity index (χ4v) is 3.53. The van der Waals surface area contributed by atoms with Gasteiger partial charge in [0.25, 0.3) is 0 Å². The van der Waals surface area contributed by atoms with Crippen LogP contribution >= 0.6 is 11.3 Å². The van der Waals surface area contributed by atoms with Crippen molar-refractivity contribution in [3.8, 4) is 6.07 Å². The summed E-state index contributed by atoms with van der Waals surface area (Å²) in [6.45, 7) is 2.23. The van der Waals surface area contributed by atoms with Crippen LogP contribution in [-0.2, 0) is 0 Å². The van der Waals surface area contributed by atoms with Crippen LogP contribution in [-0.4, -0.2) is 6.04 Å². The lowest BCUT2D eigenvalue weighted by Crippen LogP contribution is -2.04. The zero-order chi connectivity index (χ0) is 12.0. The smallest absolute Gasteiger partial charge is 0.130 e. The van der Waals surface area contributed by atoms with Crippen LogP contribution in [0.25, 0.3) is 0 Å². The molecule has 2 atom stereocenters. The summed E-state index contributed by atoms with van der Waals surface area (Å²) in [6, 6.07) is 2.82. The van der Waals surface area contributed by atoms with Crippen LogP contribution in [0.5, 0.6) is 0 Å². The number of hydrogen-bond acceptors (Lipinski definition) is 4. The minimum Gasteiger partial charge on any atom is -0.397 e. The van der Waals surface area contributed by atoms with E-state index in [1.807, 2.05) is 0 Å². The second-order valence-corrected chi connectivity index (χ2v) is 6.15. The molecule has 3 nitrogen and oxygen atoms in total. The van der Waals surface area contributed by atoms with Gasteiger partial charge in [-0.05, 0) is 31.1 Å². The molecule has 1 heterocycles. The molecule has 0 aliphatic heterocycles. The minimum atomic E-state index is 0.606. The Hall–Kier alpha value is -1.21. The Kier molecular flexibility index (Phi) is 2.52. The van der Waals surface area contributed by atoms with E-state index in [9.17, 15) is 0 Å². The molecule has 0 radical (unpaired) electrons. The van der Waals surface area contributed by atoms with Crippen molar-refractivity contribution in [1.82, 2.24) is 0 Å². The van der Waals surface area contributed by atoms with E-state index in [1.165, 1.54) is 47.6 Å². The number of nitrogens with two attached hydrogens (primary N) is 1. The van der Waals surface area contributed by atoms with Crippen molar-refractivity contribution in [3.63, 3.8) is 0 Å². The lowest BCUT2D eigenvalue weighted by Gasteiger charge is -2.06. The lowest BCUT2D eigenvalue weighted by molar-refractivity contribution is 0.775. The third-order valence-corrected chi connectivity index (χ3v) is 4.89. The van der Waals surface area contributed by atoms with E-state index in [4.69, 9.17) is 11.0 Å². The highest BCUT2D eigenvalue weighted by atomic mass is 32.1. The highest BCUT2D eigenvalue weighted by molar-refractivity contribution is 7.17. The third kappa shape index (κ3) is 1.89. The van der Waals surface area contributed by atoms with Crippen molar-refractivity contribution < 1.29 is 0 Å². The van der Waals surface area contributed by atoms with Gasteiger partial charge in [0, 0.05) is 11.6 Å². The summed E-state index contributed by atoms with van der Waals surface area (Å²) in [5.74, 6) is 1.42. The van der Waals surface area contributed by atoms with Gasteiger partial charge in [-0.2, -0.15) is 5.26 Å². The molecule has 2 unspecified atom stereocenters. The summed E-state index contributed by atoms with van der Waals surface area (Å²) < 4.78 is 0. The monoisotopic (exact) mass is 247 g/mol. The number of nitrogens with zero attached hydrogens (tertiary/aromatic N) is 1. The van der Waals surface area contributed by atoms with E-state index < -0.39 is 0 Å². The summed E-state index contributed by atoms with van der Waals surface area (Å²) >= 11 is 1.54. The first-order valence-electron chi connectivity index (χ1n) is 6.33. The summed E-state index contributed by atoms with van der Waals surface area (Å²) in [5, 5.41) is 13.8. The fraction of sp³-hybridized carbons (Fsp3) is 0.615. The number of hydrogen-bond donors (Lipinski definition) is 2. The van der Waals surface area contributed by atoms with Crippen molar-refractivity contribution in [1.29, 1.82) is 5.26 Å². The maximum absolute atomic E-state index is 9.06. The molecular weight excluding hydrogens is 230 g/mol. The van der Waals surface area contributed by atoms with E-state index in [2.05, 4.69) is 18.3 Å². The van der Waals surface area contributed by atoms with Crippen LogP contribution in [0.3, 0.4) is 0 Å². The molecule has 3 N–H and O–H groups in total. The van der Waals surface area contributed by atoms with Crippen LogP contribution in [0.2, 0.25) is 0 Å². The highest BCUT2D eigenvalue weighted by Gasteiger charge is 2.38.